The van der Waals surface area contributed by atoms with E-state index in [1.807, 2.05) is 96.4 Å². The minimum absolute atomic E-state index is 0.198. The SMILES string of the molecule is CCOC(=O)c1c(C(c2ccccc2)c2ccccc2)c2ccccc2n1CCN(C)C(=O)OCc1ccccc1. The standard InChI is InChI=1S/C35H34N2O4/c1-3-40-34(38)33-32(31(27-17-9-5-10-18-27)28-19-11-6-12-20-28)29-21-13-14-22-30(29)37(33)24-23-36(2)35(39)41-25-26-15-7-4-8-16-26/h4-22,31H,3,23-25H2,1-2H3. The average Bonchev–Trinajstić information content (AvgIpc) is 3.34. The lowest BCUT2D eigenvalue weighted by Gasteiger charge is -2.21. The van der Waals surface area contributed by atoms with Crippen LogP contribution in [-0.4, -0.2) is 41.7 Å². The van der Waals surface area contributed by atoms with E-state index >= 15 is 0 Å². The first kappa shape index (κ1) is 27.7. The number of hydrogen-bond acceptors (Lipinski definition) is 4. The normalized spacial score (nSPS) is 11.0. The summed E-state index contributed by atoms with van der Waals surface area (Å²) in [6, 6.07) is 38.1. The molecule has 5 rings (SSSR count). The number of para-hydroxylation sites is 1. The summed E-state index contributed by atoms with van der Waals surface area (Å²) in [6.07, 6.45) is -0.422. The predicted molar refractivity (Wildman–Crippen MR) is 161 cm³/mol. The zero-order valence-electron chi connectivity index (χ0n) is 23.4. The minimum atomic E-state index is -0.422. The van der Waals surface area contributed by atoms with E-state index in [-0.39, 0.29) is 25.1 Å². The van der Waals surface area contributed by atoms with Crippen molar-refractivity contribution in [3.63, 3.8) is 0 Å². The third-order valence-corrected chi connectivity index (χ3v) is 7.21. The van der Waals surface area contributed by atoms with Gasteiger partial charge in [0.25, 0.3) is 0 Å². The van der Waals surface area contributed by atoms with Crippen molar-refractivity contribution in [3.05, 3.63) is 143 Å². The molecule has 1 heterocycles. The number of rotatable bonds is 10. The third-order valence-electron chi connectivity index (χ3n) is 7.21. The van der Waals surface area contributed by atoms with Gasteiger partial charge in [0, 0.05) is 42.5 Å². The summed E-state index contributed by atoms with van der Waals surface area (Å²) in [6.45, 7) is 3.01. The molecule has 0 radical (unpaired) electrons. The summed E-state index contributed by atoms with van der Waals surface area (Å²) in [7, 11) is 1.71. The highest BCUT2D eigenvalue weighted by Crippen LogP contribution is 2.40. The molecular weight excluding hydrogens is 512 g/mol. The molecule has 5 aromatic rings. The number of benzene rings is 4. The Balaban J connectivity index is 1.55. The Labute approximate surface area is 240 Å². The largest absolute Gasteiger partial charge is 0.461 e. The number of hydrogen-bond donors (Lipinski definition) is 0. The molecular formula is C35H34N2O4. The number of carbonyl (C=O) groups excluding carboxylic acids is 2. The summed E-state index contributed by atoms with van der Waals surface area (Å²) in [5.41, 5.74) is 5.38. The van der Waals surface area contributed by atoms with Crippen molar-refractivity contribution in [2.75, 3.05) is 20.2 Å². The highest BCUT2D eigenvalue weighted by atomic mass is 16.6. The molecule has 4 aromatic carbocycles. The van der Waals surface area contributed by atoms with E-state index in [4.69, 9.17) is 9.47 Å². The van der Waals surface area contributed by atoms with Crippen LogP contribution in [0.1, 0.15) is 45.6 Å². The summed E-state index contributed by atoms with van der Waals surface area (Å²) < 4.78 is 13.2. The Morgan fingerprint density at radius 3 is 1.93 bits per heavy atom. The lowest BCUT2D eigenvalue weighted by Crippen LogP contribution is -2.31. The van der Waals surface area contributed by atoms with Crippen molar-refractivity contribution in [1.29, 1.82) is 0 Å². The molecule has 208 valence electrons. The van der Waals surface area contributed by atoms with Gasteiger partial charge in [-0.1, -0.05) is 109 Å². The quantitative estimate of drug-likeness (QED) is 0.173. The Kier molecular flexibility index (Phi) is 8.79. The number of likely N-dealkylation sites (N-methyl/N-ethyl adjacent to an activating group) is 1. The van der Waals surface area contributed by atoms with E-state index in [0.29, 0.717) is 18.8 Å². The molecule has 0 atom stereocenters. The lowest BCUT2D eigenvalue weighted by atomic mass is 9.83. The smallest absolute Gasteiger partial charge is 0.409 e. The number of carbonyl (C=O) groups is 2. The summed E-state index contributed by atoms with van der Waals surface area (Å²) in [5.74, 6) is -0.582. The van der Waals surface area contributed by atoms with Crippen molar-refractivity contribution < 1.29 is 19.1 Å². The van der Waals surface area contributed by atoms with E-state index < -0.39 is 6.09 Å². The monoisotopic (exact) mass is 546 g/mol. The Bertz CT molecular complexity index is 1560. The molecule has 0 aliphatic heterocycles. The van der Waals surface area contributed by atoms with Gasteiger partial charge in [0.15, 0.2) is 0 Å². The third kappa shape index (κ3) is 6.17. The van der Waals surface area contributed by atoms with Gasteiger partial charge in [-0.3, -0.25) is 0 Å². The van der Waals surface area contributed by atoms with E-state index in [1.54, 1.807) is 7.05 Å². The van der Waals surface area contributed by atoms with Gasteiger partial charge < -0.3 is 18.9 Å². The van der Waals surface area contributed by atoms with Gasteiger partial charge >= 0.3 is 12.1 Å². The van der Waals surface area contributed by atoms with Gasteiger partial charge in [-0.15, -0.1) is 0 Å². The number of ether oxygens (including phenoxy) is 2. The molecule has 0 saturated carbocycles. The lowest BCUT2D eigenvalue weighted by molar-refractivity contribution is 0.0512. The molecule has 0 aliphatic carbocycles. The number of aromatic nitrogens is 1. The minimum Gasteiger partial charge on any atom is -0.461 e. The molecule has 0 spiro atoms. The molecule has 0 unspecified atom stereocenters. The van der Waals surface area contributed by atoms with Gasteiger partial charge in [-0.25, -0.2) is 9.59 Å². The van der Waals surface area contributed by atoms with E-state index in [1.165, 1.54) is 4.90 Å². The highest BCUT2D eigenvalue weighted by molar-refractivity contribution is 6.00. The number of esters is 1. The molecule has 6 nitrogen and oxygen atoms in total. The first-order chi connectivity index (χ1) is 20.1. The fourth-order valence-electron chi connectivity index (χ4n) is 5.26. The molecule has 0 fully saturated rings. The van der Waals surface area contributed by atoms with Crippen LogP contribution in [0.2, 0.25) is 0 Å². The topological polar surface area (TPSA) is 60.8 Å². The van der Waals surface area contributed by atoms with Crippen molar-refractivity contribution in [2.45, 2.75) is 26.0 Å². The second-order valence-electron chi connectivity index (χ2n) is 9.87. The fourth-order valence-corrected chi connectivity index (χ4v) is 5.26. The summed E-state index contributed by atoms with van der Waals surface area (Å²) in [4.78, 5) is 28.1. The van der Waals surface area contributed by atoms with Crippen LogP contribution in [0.5, 0.6) is 0 Å². The van der Waals surface area contributed by atoms with Crippen LogP contribution in [-0.2, 0) is 22.6 Å². The van der Waals surface area contributed by atoms with Crippen LogP contribution >= 0.6 is 0 Å². The predicted octanol–water partition coefficient (Wildman–Crippen LogP) is 7.27. The van der Waals surface area contributed by atoms with Crippen LogP contribution in [0, 0.1) is 0 Å². The number of fused-ring (bicyclic) bond motifs is 1. The van der Waals surface area contributed by atoms with Crippen LogP contribution in [0.3, 0.4) is 0 Å². The molecule has 1 aromatic heterocycles. The zero-order valence-corrected chi connectivity index (χ0v) is 23.4. The fraction of sp³-hybridized carbons (Fsp3) is 0.200. The van der Waals surface area contributed by atoms with E-state index in [0.717, 1.165) is 33.2 Å². The van der Waals surface area contributed by atoms with Gasteiger partial charge in [0.1, 0.15) is 12.3 Å². The van der Waals surface area contributed by atoms with Crippen LogP contribution in [0.25, 0.3) is 10.9 Å². The highest BCUT2D eigenvalue weighted by Gasteiger charge is 2.31. The summed E-state index contributed by atoms with van der Waals surface area (Å²) >= 11 is 0. The maximum Gasteiger partial charge on any atom is 0.409 e. The van der Waals surface area contributed by atoms with E-state index in [2.05, 4.69) is 30.3 Å². The maximum absolute atomic E-state index is 13.7. The van der Waals surface area contributed by atoms with Gasteiger partial charge in [0.05, 0.1) is 6.61 Å². The number of amides is 1. The first-order valence-corrected chi connectivity index (χ1v) is 13.9. The van der Waals surface area contributed by atoms with Crippen molar-refractivity contribution in [1.82, 2.24) is 9.47 Å². The summed E-state index contributed by atoms with van der Waals surface area (Å²) in [5, 5.41) is 0.975. The van der Waals surface area contributed by atoms with Gasteiger partial charge in [0.2, 0.25) is 0 Å². The zero-order chi connectivity index (χ0) is 28.6. The second kappa shape index (κ2) is 13.0. The van der Waals surface area contributed by atoms with Gasteiger partial charge in [-0.2, -0.15) is 0 Å². The second-order valence-corrected chi connectivity index (χ2v) is 9.87. The van der Waals surface area contributed by atoms with Crippen LogP contribution < -0.4 is 0 Å². The molecule has 41 heavy (non-hydrogen) atoms. The first-order valence-electron chi connectivity index (χ1n) is 13.9. The molecule has 1 amide bonds. The molecule has 0 bridgehead atoms. The Hall–Kier alpha value is -4.84. The van der Waals surface area contributed by atoms with Crippen LogP contribution in [0.15, 0.2) is 115 Å². The molecule has 0 saturated heterocycles. The molecule has 6 heteroatoms. The Morgan fingerprint density at radius 2 is 1.32 bits per heavy atom. The van der Waals surface area contributed by atoms with Crippen molar-refractivity contribution in [3.8, 4) is 0 Å². The van der Waals surface area contributed by atoms with Crippen LogP contribution in [0.4, 0.5) is 4.79 Å². The maximum atomic E-state index is 13.7. The van der Waals surface area contributed by atoms with E-state index in [9.17, 15) is 9.59 Å². The van der Waals surface area contributed by atoms with Gasteiger partial charge in [-0.05, 0) is 29.7 Å². The number of nitrogens with zero attached hydrogens (tertiary/aromatic N) is 2. The van der Waals surface area contributed by atoms with Crippen molar-refractivity contribution >= 4 is 23.0 Å². The average molecular weight is 547 g/mol. The van der Waals surface area contributed by atoms with Crippen molar-refractivity contribution in [2.24, 2.45) is 0 Å². The molecule has 0 aliphatic rings. The Morgan fingerprint density at radius 1 is 0.756 bits per heavy atom. The molecule has 0 N–H and O–H groups in total.